The lowest BCUT2D eigenvalue weighted by Gasteiger charge is -2.30. The molecule has 1 saturated heterocycles. The molecule has 5 heteroatoms. The van der Waals surface area contributed by atoms with Crippen molar-refractivity contribution < 1.29 is 9.59 Å². The number of carbonyl (C=O) groups is 2. The summed E-state index contributed by atoms with van der Waals surface area (Å²) in [6, 6.07) is 9.63. The summed E-state index contributed by atoms with van der Waals surface area (Å²) in [5.74, 6) is 0.0272. The van der Waals surface area contributed by atoms with Crippen molar-refractivity contribution in [3.8, 4) is 0 Å². The Bertz CT molecular complexity index is 504. The van der Waals surface area contributed by atoms with Crippen LogP contribution in [0.5, 0.6) is 0 Å². The average Bonchev–Trinajstić information content (AvgIpc) is 3.01. The van der Waals surface area contributed by atoms with E-state index >= 15 is 0 Å². The van der Waals surface area contributed by atoms with E-state index in [2.05, 4.69) is 0 Å². The van der Waals surface area contributed by atoms with Gasteiger partial charge in [0.05, 0.1) is 0 Å². The van der Waals surface area contributed by atoms with Crippen molar-refractivity contribution in [2.75, 3.05) is 19.6 Å². The van der Waals surface area contributed by atoms with E-state index in [-0.39, 0.29) is 17.9 Å². The second kappa shape index (κ2) is 7.94. The molecule has 2 N–H and O–H groups in total. The molecule has 1 aliphatic heterocycles. The van der Waals surface area contributed by atoms with Crippen LogP contribution in [-0.2, 0) is 16.1 Å². The molecule has 1 aromatic carbocycles. The molecule has 1 fully saturated rings. The van der Waals surface area contributed by atoms with Crippen molar-refractivity contribution in [2.45, 2.75) is 38.8 Å². The van der Waals surface area contributed by atoms with Crippen LogP contribution in [0.25, 0.3) is 0 Å². The van der Waals surface area contributed by atoms with Gasteiger partial charge in [-0.2, -0.15) is 0 Å². The number of carbonyl (C=O) groups excluding carboxylic acids is 2. The summed E-state index contributed by atoms with van der Waals surface area (Å²) in [6.45, 7) is 3.98. The maximum atomic E-state index is 12.9. The van der Waals surface area contributed by atoms with Gasteiger partial charge in [-0.15, -0.1) is 0 Å². The van der Waals surface area contributed by atoms with Gasteiger partial charge >= 0.3 is 0 Å². The Labute approximate surface area is 132 Å². The molecule has 0 saturated carbocycles. The van der Waals surface area contributed by atoms with Crippen LogP contribution in [0, 0.1) is 0 Å². The number of hydrogen-bond acceptors (Lipinski definition) is 3. The number of benzene rings is 1. The molecule has 1 atom stereocenters. The van der Waals surface area contributed by atoms with Gasteiger partial charge in [0.15, 0.2) is 0 Å². The molecule has 0 aromatic heterocycles. The quantitative estimate of drug-likeness (QED) is 0.863. The normalized spacial score (nSPS) is 17.5. The topological polar surface area (TPSA) is 66.6 Å². The number of rotatable bonds is 6. The molecule has 0 bridgehead atoms. The zero-order valence-corrected chi connectivity index (χ0v) is 13.2. The van der Waals surface area contributed by atoms with Gasteiger partial charge in [-0.05, 0) is 31.4 Å². The Morgan fingerprint density at radius 2 is 2.05 bits per heavy atom. The lowest BCUT2D eigenvalue weighted by molar-refractivity contribution is -0.143. The monoisotopic (exact) mass is 303 g/mol. The number of likely N-dealkylation sites (tertiary alicyclic amines) is 1. The smallest absolute Gasteiger partial charge is 0.245 e. The van der Waals surface area contributed by atoms with E-state index in [1.165, 1.54) is 6.92 Å². The highest BCUT2D eigenvalue weighted by atomic mass is 16.2. The average molecular weight is 303 g/mol. The van der Waals surface area contributed by atoms with Gasteiger partial charge in [0.25, 0.3) is 0 Å². The van der Waals surface area contributed by atoms with Crippen molar-refractivity contribution in [3.63, 3.8) is 0 Å². The van der Waals surface area contributed by atoms with Gasteiger partial charge < -0.3 is 15.5 Å². The first-order valence-corrected chi connectivity index (χ1v) is 7.93. The van der Waals surface area contributed by atoms with Crippen molar-refractivity contribution in [2.24, 2.45) is 5.73 Å². The van der Waals surface area contributed by atoms with E-state index < -0.39 is 0 Å². The maximum absolute atomic E-state index is 12.9. The van der Waals surface area contributed by atoms with Crippen LogP contribution in [0.1, 0.15) is 31.7 Å². The van der Waals surface area contributed by atoms with Gasteiger partial charge in [-0.1, -0.05) is 30.3 Å². The van der Waals surface area contributed by atoms with Gasteiger partial charge in [-0.3, -0.25) is 9.59 Å². The highest BCUT2D eigenvalue weighted by Crippen LogP contribution is 2.20. The van der Waals surface area contributed by atoms with Crippen LogP contribution < -0.4 is 5.73 Å². The summed E-state index contributed by atoms with van der Waals surface area (Å²) < 4.78 is 0. The predicted octanol–water partition coefficient (Wildman–Crippen LogP) is 1.37. The number of amides is 2. The Morgan fingerprint density at radius 3 is 2.68 bits per heavy atom. The fraction of sp³-hybridized carbons (Fsp3) is 0.529. The third-order valence-corrected chi connectivity index (χ3v) is 4.10. The maximum Gasteiger partial charge on any atom is 0.245 e. The highest BCUT2D eigenvalue weighted by molar-refractivity contribution is 5.87. The first-order chi connectivity index (χ1) is 10.6. The Balaban J connectivity index is 2.10. The summed E-state index contributed by atoms with van der Waals surface area (Å²) in [5, 5.41) is 0. The SMILES string of the molecule is CC(=O)N1CCCC1C(=O)N(CCCN)Cc1ccccc1. The van der Waals surface area contributed by atoms with Crippen molar-refractivity contribution in [3.05, 3.63) is 35.9 Å². The molecule has 1 aromatic rings. The van der Waals surface area contributed by atoms with Crippen LogP contribution in [0.15, 0.2) is 30.3 Å². The summed E-state index contributed by atoms with van der Waals surface area (Å²) in [6.07, 6.45) is 2.42. The number of nitrogens with zero attached hydrogens (tertiary/aromatic N) is 2. The second-order valence-corrected chi connectivity index (χ2v) is 5.76. The van der Waals surface area contributed by atoms with E-state index in [1.54, 1.807) is 4.90 Å². The fourth-order valence-corrected chi connectivity index (χ4v) is 2.96. The van der Waals surface area contributed by atoms with E-state index in [0.29, 0.717) is 26.2 Å². The Hall–Kier alpha value is -1.88. The molecule has 1 heterocycles. The largest absolute Gasteiger partial charge is 0.337 e. The number of nitrogens with two attached hydrogens (primary N) is 1. The van der Waals surface area contributed by atoms with Crippen molar-refractivity contribution in [1.29, 1.82) is 0 Å². The molecular weight excluding hydrogens is 278 g/mol. The molecule has 1 unspecified atom stereocenters. The first-order valence-electron chi connectivity index (χ1n) is 7.93. The third-order valence-electron chi connectivity index (χ3n) is 4.10. The van der Waals surface area contributed by atoms with E-state index in [0.717, 1.165) is 24.8 Å². The second-order valence-electron chi connectivity index (χ2n) is 5.76. The molecular formula is C17H25N3O2. The molecule has 22 heavy (non-hydrogen) atoms. The van der Waals surface area contributed by atoms with Crippen LogP contribution in [0.4, 0.5) is 0 Å². The molecule has 2 rings (SSSR count). The summed E-state index contributed by atoms with van der Waals surface area (Å²) >= 11 is 0. The molecule has 120 valence electrons. The summed E-state index contributed by atoms with van der Waals surface area (Å²) in [5.41, 5.74) is 6.69. The lowest BCUT2D eigenvalue weighted by atomic mass is 10.1. The molecule has 2 amide bonds. The fourth-order valence-electron chi connectivity index (χ4n) is 2.96. The van der Waals surface area contributed by atoms with E-state index in [1.807, 2.05) is 35.2 Å². The number of hydrogen-bond donors (Lipinski definition) is 1. The third kappa shape index (κ3) is 4.07. The van der Waals surface area contributed by atoms with E-state index in [4.69, 9.17) is 5.73 Å². The zero-order chi connectivity index (χ0) is 15.9. The minimum absolute atomic E-state index is 0.0191. The molecule has 1 aliphatic rings. The van der Waals surface area contributed by atoms with Gasteiger partial charge in [0.1, 0.15) is 6.04 Å². The molecule has 5 nitrogen and oxygen atoms in total. The Morgan fingerprint density at radius 1 is 1.32 bits per heavy atom. The first kappa shape index (κ1) is 16.5. The van der Waals surface area contributed by atoms with Crippen LogP contribution in [-0.4, -0.2) is 47.3 Å². The van der Waals surface area contributed by atoms with Crippen LogP contribution >= 0.6 is 0 Å². The van der Waals surface area contributed by atoms with E-state index in [9.17, 15) is 9.59 Å². The van der Waals surface area contributed by atoms with Crippen molar-refractivity contribution in [1.82, 2.24) is 9.80 Å². The highest BCUT2D eigenvalue weighted by Gasteiger charge is 2.34. The van der Waals surface area contributed by atoms with Crippen LogP contribution in [0.2, 0.25) is 0 Å². The van der Waals surface area contributed by atoms with Gasteiger partial charge in [0.2, 0.25) is 11.8 Å². The molecule has 0 radical (unpaired) electrons. The predicted molar refractivity (Wildman–Crippen MR) is 85.9 cm³/mol. The molecule has 0 spiro atoms. The lowest BCUT2D eigenvalue weighted by Crippen LogP contribution is -2.47. The van der Waals surface area contributed by atoms with Gasteiger partial charge in [-0.25, -0.2) is 0 Å². The minimum Gasteiger partial charge on any atom is -0.337 e. The zero-order valence-electron chi connectivity index (χ0n) is 13.2. The van der Waals surface area contributed by atoms with Crippen molar-refractivity contribution >= 4 is 11.8 Å². The Kier molecular flexibility index (Phi) is 5.95. The standard InChI is InChI=1S/C17H25N3O2/c1-14(21)20-12-5-9-16(20)17(22)19(11-6-10-18)13-15-7-3-2-4-8-15/h2-4,7-8,16H,5-6,9-13,18H2,1H3. The minimum atomic E-state index is -0.306. The molecule has 0 aliphatic carbocycles. The van der Waals surface area contributed by atoms with Crippen LogP contribution in [0.3, 0.4) is 0 Å². The van der Waals surface area contributed by atoms with Gasteiger partial charge in [0, 0.05) is 26.6 Å². The summed E-state index contributed by atoms with van der Waals surface area (Å²) in [4.78, 5) is 28.1. The summed E-state index contributed by atoms with van der Waals surface area (Å²) in [7, 11) is 0.